The Bertz CT molecular complexity index is 352. The molecule has 92 valence electrons. The van der Waals surface area contributed by atoms with Crippen LogP contribution in [-0.4, -0.2) is 34.7 Å². The topological polar surface area (TPSA) is 82.7 Å². The van der Waals surface area contributed by atoms with E-state index in [9.17, 15) is 18.0 Å². The van der Waals surface area contributed by atoms with Crippen molar-refractivity contribution in [2.24, 2.45) is 0 Å². The molecule has 10 heteroatoms. The first kappa shape index (κ1) is 14.6. The van der Waals surface area contributed by atoms with Crippen LogP contribution >= 0.6 is 12.4 Å². The maximum atomic E-state index is 12.0. The zero-order valence-corrected chi connectivity index (χ0v) is 8.87. The molecule has 0 aromatic carbocycles. The van der Waals surface area contributed by atoms with E-state index in [-0.39, 0.29) is 19.0 Å². The van der Waals surface area contributed by atoms with Crippen molar-refractivity contribution in [3.8, 4) is 0 Å². The molecule has 1 aromatic rings. The van der Waals surface area contributed by atoms with E-state index < -0.39 is 23.9 Å². The highest BCUT2D eigenvalue weighted by atomic mass is 35.5. The number of likely N-dealkylation sites (N-methyl/N-ethyl adjacent to an activating group) is 1. The SMILES string of the molecule is CNCC(=O)Nc1n[nH]c(C(F)(F)F)n1.Cl. The number of hydrogen-bond donors (Lipinski definition) is 3. The summed E-state index contributed by atoms with van der Waals surface area (Å²) in [4.78, 5) is 14.0. The number of aromatic amines is 1. The number of anilines is 1. The summed E-state index contributed by atoms with van der Waals surface area (Å²) in [5.41, 5.74) is 0. The summed E-state index contributed by atoms with van der Waals surface area (Å²) in [6, 6.07) is 0. The molecule has 0 saturated carbocycles. The number of halogens is 4. The number of alkyl halides is 3. The Kier molecular flexibility index (Phi) is 5.18. The van der Waals surface area contributed by atoms with Crippen molar-refractivity contribution in [3.05, 3.63) is 5.82 Å². The van der Waals surface area contributed by atoms with E-state index in [4.69, 9.17) is 0 Å². The zero-order valence-electron chi connectivity index (χ0n) is 8.05. The van der Waals surface area contributed by atoms with Gasteiger partial charge in [0.2, 0.25) is 17.7 Å². The number of H-pyrrole nitrogens is 1. The molecule has 1 aromatic heterocycles. The third-order valence-corrected chi connectivity index (χ3v) is 1.34. The largest absolute Gasteiger partial charge is 0.451 e. The molecule has 0 spiro atoms. The smallest absolute Gasteiger partial charge is 0.311 e. The second-order valence-corrected chi connectivity index (χ2v) is 2.58. The minimum Gasteiger partial charge on any atom is -0.311 e. The summed E-state index contributed by atoms with van der Waals surface area (Å²) in [5.74, 6) is -2.17. The normalized spacial score (nSPS) is 10.8. The summed E-state index contributed by atoms with van der Waals surface area (Å²) in [5, 5.41) is 9.47. The zero-order chi connectivity index (χ0) is 11.5. The van der Waals surface area contributed by atoms with Gasteiger partial charge in [0, 0.05) is 0 Å². The van der Waals surface area contributed by atoms with Crippen LogP contribution in [0.2, 0.25) is 0 Å². The number of carbonyl (C=O) groups excluding carboxylic acids is 1. The van der Waals surface area contributed by atoms with Gasteiger partial charge in [-0.05, 0) is 7.05 Å². The van der Waals surface area contributed by atoms with Crippen LogP contribution in [0, 0.1) is 0 Å². The number of aromatic nitrogens is 3. The van der Waals surface area contributed by atoms with Crippen LogP contribution in [0.3, 0.4) is 0 Å². The predicted molar refractivity (Wildman–Crippen MR) is 51.2 cm³/mol. The van der Waals surface area contributed by atoms with E-state index in [0.29, 0.717) is 0 Å². The molecule has 0 aliphatic rings. The number of amides is 1. The molecule has 0 fully saturated rings. The van der Waals surface area contributed by atoms with Gasteiger partial charge in [0.25, 0.3) is 0 Å². The van der Waals surface area contributed by atoms with E-state index >= 15 is 0 Å². The lowest BCUT2D eigenvalue weighted by molar-refractivity contribution is -0.144. The molecule has 6 nitrogen and oxygen atoms in total. The summed E-state index contributed by atoms with van der Waals surface area (Å²) in [7, 11) is 1.53. The van der Waals surface area contributed by atoms with Gasteiger partial charge in [0.1, 0.15) is 0 Å². The van der Waals surface area contributed by atoms with Crippen molar-refractivity contribution in [1.82, 2.24) is 20.5 Å². The molecule has 0 radical (unpaired) electrons. The molecule has 0 unspecified atom stereocenters. The Hall–Kier alpha value is -1.35. The summed E-state index contributed by atoms with van der Waals surface area (Å²) >= 11 is 0. The van der Waals surface area contributed by atoms with Crippen LogP contribution < -0.4 is 10.6 Å². The summed E-state index contributed by atoms with van der Waals surface area (Å²) < 4.78 is 36.1. The molecule has 0 saturated heterocycles. The average molecular weight is 260 g/mol. The highest BCUT2D eigenvalue weighted by molar-refractivity contribution is 5.90. The average Bonchev–Trinajstić information content (AvgIpc) is 2.52. The van der Waals surface area contributed by atoms with Crippen LogP contribution in [0.1, 0.15) is 5.82 Å². The Balaban J connectivity index is 0.00000225. The molecule has 0 aliphatic carbocycles. The van der Waals surface area contributed by atoms with Gasteiger partial charge in [-0.1, -0.05) is 0 Å². The fourth-order valence-electron chi connectivity index (χ4n) is 0.774. The van der Waals surface area contributed by atoms with Crippen LogP contribution in [0.15, 0.2) is 0 Å². The van der Waals surface area contributed by atoms with E-state index in [2.05, 4.69) is 20.7 Å². The maximum absolute atomic E-state index is 12.0. The second-order valence-electron chi connectivity index (χ2n) is 2.58. The van der Waals surface area contributed by atoms with E-state index in [1.807, 2.05) is 0 Å². The van der Waals surface area contributed by atoms with Crippen molar-refractivity contribution >= 4 is 24.3 Å². The summed E-state index contributed by atoms with van der Waals surface area (Å²) in [6.45, 7) is -0.0319. The van der Waals surface area contributed by atoms with E-state index in [0.717, 1.165) is 0 Å². The van der Waals surface area contributed by atoms with Gasteiger partial charge in [-0.25, -0.2) is 0 Å². The lowest BCUT2D eigenvalue weighted by Gasteiger charge is -1.99. The van der Waals surface area contributed by atoms with Gasteiger partial charge in [-0.15, -0.1) is 17.5 Å². The highest BCUT2D eigenvalue weighted by Gasteiger charge is 2.35. The van der Waals surface area contributed by atoms with Gasteiger partial charge in [-0.2, -0.15) is 18.2 Å². The standard InChI is InChI=1S/C6H8F3N5O.ClH/c1-10-2-3(15)11-5-12-4(13-14-5)6(7,8)9;/h10H,2H2,1H3,(H2,11,12,13,14,15);1H. The highest BCUT2D eigenvalue weighted by Crippen LogP contribution is 2.26. The number of rotatable bonds is 3. The van der Waals surface area contributed by atoms with Gasteiger partial charge >= 0.3 is 6.18 Å². The van der Waals surface area contributed by atoms with Crippen LogP contribution in [0.5, 0.6) is 0 Å². The molecule has 0 atom stereocenters. The first-order valence-corrected chi connectivity index (χ1v) is 3.87. The first-order chi connectivity index (χ1) is 6.93. The Morgan fingerprint density at radius 2 is 2.12 bits per heavy atom. The minimum atomic E-state index is -4.60. The summed E-state index contributed by atoms with van der Waals surface area (Å²) in [6.07, 6.45) is -4.60. The predicted octanol–water partition coefficient (Wildman–Crippen LogP) is 0.403. The lowest BCUT2D eigenvalue weighted by Crippen LogP contribution is -2.25. The Morgan fingerprint density at radius 3 is 2.56 bits per heavy atom. The molecule has 0 bridgehead atoms. The van der Waals surface area contributed by atoms with Crippen molar-refractivity contribution < 1.29 is 18.0 Å². The van der Waals surface area contributed by atoms with Crippen molar-refractivity contribution in [2.45, 2.75) is 6.18 Å². The quantitative estimate of drug-likeness (QED) is 0.734. The fourth-order valence-corrected chi connectivity index (χ4v) is 0.774. The van der Waals surface area contributed by atoms with Gasteiger partial charge in [0.05, 0.1) is 6.54 Å². The number of nitrogens with zero attached hydrogens (tertiary/aromatic N) is 2. The van der Waals surface area contributed by atoms with Crippen LogP contribution in [-0.2, 0) is 11.0 Å². The Labute approximate surface area is 94.4 Å². The number of nitrogens with one attached hydrogen (secondary N) is 3. The van der Waals surface area contributed by atoms with Crippen molar-refractivity contribution in [2.75, 3.05) is 18.9 Å². The third-order valence-electron chi connectivity index (χ3n) is 1.34. The molecule has 1 amide bonds. The molecular formula is C6H9ClF3N5O. The maximum Gasteiger partial charge on any atom is 0.451 e. The monoisotopic (exact) mass is 259 g/mol. The molecule has 1 rings (SSSR count). The molecule has 3 N–H and O–H groups in total. The number of hydrogen-bond acceptors (Lipinski definition) is 4. The molecular weight excluding hydrogens is 251 g/mol. The molecule has 16 heavy (non-hydrogen) atoms. The number of carbonyl (C=O) groups is 1. The van der Waals surface area contributed by atoms with Crippen molar-refractivity contribution in [1.29, 1.82) is 0 Å². The van der Waals surface area contributed by atoms with Gasteiger partial charge in [-0.3, -0.25) is 15.2 Å². The van der Waals surface area contributed by atoms with Crippen molar-refractivity contribution in [3.63, 3.8) is 0 Å². The van der Waals surface area contributed by atoms with E-state index in [1.54, 1.807) is 5.10 Å². The van der Waals surface area contributed by atoms with E-state index in [1.165, 1.54) is 7.05 Å². The van der Waals surface area contributed by atoms with Crippen LogP contribution in [0.25, 0.3) is 0 Å². The minimum absolute atomic E-state index is 0. The van der Waals surface area contributed by atoms with Gasteiger partial charge in [0.15, 0.2) is 0 Å². The third kappa shape index (κ3) is 4.03. The Morgan fingerprint density at radius 1 is 1.50 bits per heavy atom. The first-order valence-electron chi connectivity index (χ1n) is 3.87. The molecule has 1 heterocycles. The fraction of sp³-hybridized carbons (Fsp3) is 0.500. The van der Waals surface area contributed by atoms with Crippen LogP contribution in [0.4, 0.5) is 19.1 Å². The van der Waals surface area contributed by atoms with Gasteiger partial charge < -0.3 is 5.32 Å². The lowest BCUT2D eigenvalue weighted by atomic mass is 10.6. The second kappa shape index (κ2) is 5.66. The molecule has 0 aliphatic heterocycles.